The predicted molar refractivity (Wildman–Crippen MR) is 137 cm³/mol. The summed E-state index contributed by atoms with van der Waals surface area (Å²) in [6.07, 6.45) is 4.15. The van der Waals surface area contributed by atoms with Crippen LogP contribution in [0.1, 0.15) is 49.3 Å². The van der Waals surface area contributed by atoms with Gasteiger partial charge in [-0.3, -0.25) is 9.59 Å². The van der Waals surface area contributed by atoms with Gasteiger partial charge in [0.05, 0.1) is 32.6 Å². The van der Waals surface area contributed by atoms with Gasteiger partial charge < -0.3 is 19.1 Å². The molecule has 1 unspecified atom stereocenters. The fourth-order valence-electron chi connectivity index (χ4n) is 5.02. The molecule has 2 amide bonds. The molecule has 0 spiro atoms. The van der Waals surface area contributed by atoms with Gasteiger partial charge in [-0.1, -0.05) is 25.0 Å². The first kappa shape index (κ1) is 26.6. The molecular weight excluding hydrogens is 477 g/mol. The molecule has 198 valence electrons. The molecule has 4 rings (SSSR count). The molecule has 8 nitrogen and oxygen atoms in total. The standard InChI is InChI=1S/C28H34FN3O5/c1-35-15-14-31(28(34)20-6-4-5-7-20)18-27(33)32-25(19-8-10-21(29)11-9-19)17-24(30-32)23-13-12-22(36-2)16-26(23)37-3/h8-13,16,20,25H,4-7,14-15,17-18H2,1-3H3. The van der Waals surface area contributed by atoms with Crippen LogP contribution >= 0.6 is 0 Å². The zero-order chi connectivity index (χ0) is 26.4. The minimum Gasteiger partial charge on any atom is -0.497 e. The van der Waals surface area contributed by atoms with Gasteiger partial charge in [0, 0.05) is 37.6 Å². The molecule has 1 atom stereocenters. The van der Waals surface area contributed by atoms with Crippen LogP contribution in [0.2, 0.25) is 0 Å². The Balaban J connectivity index is 1.64. The Morgan fingerprint density at radius 3 is 2.43 bits per heavy atom. The summed E-state index contributed by atoms with van der Waals surface area (Å²) in [5, 5.41) is 6.13. The van der Waals surface area contributed by atoms with Gasteiger partial charge in [0.15, 0.2) is 0 Å². The van der Waals surface area contributed by atoms with E-state index >= 15 is 0 Å². The van der Waals surface area contributed by atoms with Gasteiger partial charge in [-0.15, -0.1) is 0 Å². The Morgan fingerprint density at radius 1 is 1.05 bits per heavy atom. The third-order valence-electron chi connectivity index (χ3n) is 7.05. The third kappa shape index (κ3) is 6.10. The summed E-state index contributed by atoms with van der Waals surface area (Å²) < 4.78 is 29.8. The van der Waals surface area contributed by atoms with Crippen molar-refractivity contribution in [3.63, 3.8) is 0 Å². The lowest BCUT2D eigenvalue weighted by atomic mass is 9.97. The number of benzene rings is 2. The number of rotatable bonds is 10. The average molecular weight is 512 g/mol. The van der Waals surface area contributed by atoms with Crippen LogP contribution in [0.25, 0.3) is 0 Å². The maximum absolute atomic E-state index is 13.7. The highest BCUT2D eigenvalue weighted by atomic mass is 19.1. The van der Waals surface area contributed by atoms with Gasteiger partial charge in [-0.05, 0) is 42.7 Å². The minimum absolute atomic E-state index is 0.0125. The van der Waals surface area contributed by atoms with Gasteiger partial charge in [0.2, 0.25) is 5.91 Å². The van der Waals surface area contributed by atoms with Crippen molar-refractivity contribution in [2.45, 2.75) is 38.1 Å². The van der Waals surface area contributed by atoms with E-state index in [2.05, 4.69) is 0 Å². The number of ether oxygens (including phenoxy) is 3. The number of nitrogens with zero attached hydrogens (tertiary/aromatic N) is 3. The second kappa shape index (κ2) is 12.2. The number of halogens is 1. The number of hydrogen-bond donors (Lipinski definition) is 0. The molecule has 1 aliphatic heterocycles. The van der Waals surface area contributed by atoms with Crippen LogP contribution in [0.5, 0.6) is 11.5 Å². The van der Waals surface area contributed by atoms with Crippen LogP contribution in [0.3, 0.4) is 0 Å². The Kier molecular flexibility index (Phi) is 8.76. The average Bonchev–Trinajstić information content (AvgIpc) is 3.61. The highest BCUT2D eigenvalue weighted by Gasteiger charge is 2.36. The largest absolute Gasteiger partial charge is 0.497 e. The van der Waals surface area contributed by atoms with E-state index in [1.807, 2.05) is 12.1 Å². The molecule has 9 heteroatoms. The Morgan fingerprint density at radius 2 is 1.78 bits per heavy atom. The fraction of sp³-hybridized carbons (Fsp3) is 0.464. The maximum atomic E-state index is 13.7. The molecule has 0 aromatic heterocycles. The molecule has 0 N–H and O–H groups in total. The maximum Gasteiger partial charge on any atom is 0.262 e. The summed E-state index contributed by atoms with van der Waals surface area (Å²) in [6.45, 7) is 0.563. The smallest absolute Gasteiger partial charge is 0.262 e. The van der Waals surface area contributed by atoms with E-state index in [0.717, 1.165) is 36.8 Å². The summed E-state index contributed by atoms with van der Waals surface area (Å²) in [5.41, 5.74) is 2.16. The fourth-order valence-corrected chi connectivity index (χ4v) is 5.02. The van der Waals surface area contributed by atoms with Crippen molar-refractivity contribution in [1.82, 2.24) is 9.91 Å². The van der Waals surface area contributed by atoms with Crippen LogP contribution in [-0.4, -0.2) is 68.5 Å². The Labute approximate surface area is 217 Å². The molecule has 2 aliphatic rings. The summed E-state index contributed by atoms with van der Waals surface area (Å²) in [5.74, 6) is 0.481. The summed E-state index contributed by atoms with van der Waals surface area (Å²) in [4.78, 5) is 28.5. The van der Waals surface area contributed by atoms with Gasteiger partial charge in [0.25, 0.3) is 5.91 Å². The van der Waals surface area contributed by atoms with Crippen molar-refractivity contribution >= 4 is 17.5 Å². The predicted octanol–water partition coefficient (Wildman–Crippen LogP) is 4.19. The van der Waals surface area contributed by atoms with Crippen molar-refractivity contribution in [3.05, 3.63) is 59.4 Å². The van der Waals surface area contributed by atoms with Gasteiger partial charge in [-0.2, -0.15) is 5.10 Å². The Bertz CT molecular complexity index is 1130. The summed E-state index contributed by atoms with van der Waals surface area (Å²) in [7, 11) is 4.72. The monoisotopic (exact) mass is 511 g/mol. The van der Waals surface area contributed by atoms with E-state index in [4.69, 9.17) is 19.3 Å². The zero-order valence-electron chi connectivity index (χ0n) is 21.6. The molecule has 0 saturated heterocycles. The topological polar surface area (TPSA) is 80.7 Å². The first-order chi connectivity index (χ1) is 17.9. The van der Waals surface area contributed by atoms with Crippen molar-refractivity contribution < 1.29 is 28.2 Å². The van der Waals surface area contributed by atoms with Crippen molar-refractivity contribution in [2.24, 2.45) is 11.0 Å². The number of methoxy groups -OCH3 is 3. The Hall–Kier alpha value is -3.46. The van der Waals surface area contributed by atoms with E-state index in [1.165, 1.54) is 17.1 Å². The van der Waals surface area contributed by atoms with E-state index < -0.39 is 6.04 Å². The molecule has 1 fully saturated rings. The van der Waals surface area contributed by atoms with Gasteiger partial charge in [-0.25, -0.2) is 9.40 Å². The lowest BCUT2D eigenvalue weighted by Gasteiger charge is -2.28. The van der Waals surface area contributed by atoms with Crippen LogP contribution in [0.15, 0.2) is 47.6 Å². The van der Waals surface area contributed by atoms with Crippen LogP contribution in [0, 0.1) is 11.7 Å². The second-order valence-electron chi connectivity index (χ2n) is 9.36. The van der Waals surface area contributed by atoms with E-state index in [0.29, 0.717) is 36.8 Å². The lowest BCUT2D eigenvalue weighted by Crippen LogP contribution is -2.44. The van der Waals surface area contributed by atoms with Crippen LogP contribution in [0.4, 0.5) is 4.39 Å². The first-order valence-electron chi connectivity index (χ1n) is 12.6. The molecule has 37 heavy (non-hydrogen) atoms. The summed E-state index contributed by atoms with van der Waals surface area (Å²) in [6, 6.07) is 11.1. The molecule has 0 bridgehead atoms. The summed E-state index contributed by atoms with van der Waals surface area (Å²) >= 11 is 0. The lowest BCUT2D eigenvalue weighted by molar-refractivity contribution is -0.144. The second-order valence-corrected chi connectivity index (χ2v) is 9.36. The normalized spacial score (nSPS) is 17.6. The van der Waals surface area contributed by atoms with Gasteiger partial charge >= 0.3 is 0 Å². The number of amides is 2. The van der Waals surface area contributed by atoms with Crippen LogP contribution < -0.4 is 9.47 Å². The van der Waals surface area contributed by atoms with E-state index in [9.17, 15) is 14.0 Å². The highest BCUT2D eigenvalue weighted by molar-refractivity contribution is 6.05. The van der Waals surface area contributed by atoms with Crippen LogP contribution in [-0.2, 0) is 14.3 Å². The molecule has 1 saturated carbocycles. The molecule has 0 radical (unpaired) electrons. The number of hydrazone groups is 1. The highest BCUT2D eigenvalue weighted by Crippen LogP contribution is 2.36. The first-order valence-corrected chi connectivity index (χ1v) is 12.6. The number of hydrogen-bond acceptors (Lipinski definition) is 6. The van der Waals surface area contributed by atoms with Crippen molar-refractivity contribution in [1.29, 1.82) is 0 Å². The van der Waals surface area contributed by atoms with Crippen molar-refractivity contribution in [2.75, 3.05) is 41.0 Å². The third-order valence-corrected chi connectivity index (χ3v) is 7.05. The van der Waals surface area contributed by atoms with E-state index in [-0.39, 0.29) is 30.1 Å². The molecule has 2 aromatic rings. The minimum atomic E-state index is -0.444. The zero-order valence-corrected chi connectivity index (χ0v) is 21.6. The number of carbonyl (C=O) groups is 2. The molecule has 1 aliphatic carbocycles. The van der Waals surface area contributed by atoms with Gasteiger partial charge in [0.1, 0.15) is 23.9 Å². The SMILES string of the molecule is COCCN(CC(=O)N1N=C(c2ccc(OC)cc2OC)CC1c1ccc(F)cc1)C(=O)C1CCCC1. The molecule has 2 aromatic carbocycles. The van der Waals surface area contributed by atoms with E-state index in [1.54, 1.807) is 44.4 Å². The number of carbonyl (C=O) groups excluding carboxylic acids is 2. The van der Waals surface area contributed by atoms with Crippen molar-refractivity contribution in [3.8, 4) is 11.5 Å². The molecule has 1 heterocycles. The molecular formula is C28H34FN3O5. The quantitative estimate of drug-likeness (QED) is 0.478.